The van der Waals surface area contributed by atoms with E-state index >= 15 is 0 Å². The fourth-order valence-electron chi connectivity index (χ4n) is 0.632. The zero-order valence-electron chi connectivity index (χ0n) is 19.0. The van der Waals surface area contributed by atoms with Gasteiger partial charge in [-0.2, -0.15) is 0 Å². The van der Waals surface area contributed by atoms with Crippen molar-refractivity contribution in [1.82, 2.24) is 14.7 Å². The van der Waals surface area contributed by atoms with Crippen LogP contribution in [0.5, 0.6) is 0 Å². The molecule has 0 saturated heterocycles. The van der Waals surface area contributed by atoms with E-state index in [-0.39, 0.29) is 88.7 Å². The molecule has 0 unspecified atom stereocenters. The third kappa shape index (κ3) is 27.3. The third-order valence-electron chi connectivity index (χ3n) is 3.35. The maximum Gasteiger partial charge on any atom is 1.00 e. The molecule has 0 N–H and O–H groups in total. The minimum Gasteiger partial charge on any atom is -0.548 e. The van der Waals surface area contributed by atoms with Crippen molar-refractivity contribution in [1.29, 1.82) is 0 Å². The van der Waals surface area contributed by atoms with Crippen molar-refractivity contribution in [3.8, 4) is 0 Å². The van der Waals surface area contributed by atoms with Gasteiger partial charge in [-0.05, 0) is 63.1 Å². The number of carbonyl (C=O) groups is 3. The average Bonchev–Trinajstić information content (AvgIpc) is 2.45. The van der Waals surface area contributed by atoms with Crippen molar-refractivity contribution in [2.75, 3.05) is 42.3 Å². The quantitative estimate of drug-likeness (QED) is 0.387. The molecule has 0 radical (unpaired) electrons. The number of carboxylic acid groups (broad SMARTS) is 3. The van der Waals surface area contributed by atoms with Crippen molar-refractivity contribution in [2.45, 2.75) is 38.9 Å². The molecule has 0 aliphatic carbocycles. The van der Waals surface area contributed by atoms with Gasteiger partial charge in [-0.25, -0.2) is 0 Å². The number of nitrogens with zero attached hydrogens (tertiary/aromatic N) is 3. The topological polar surface area (TPSA) is 130 Å². The van der Waals surface area contributed by atoms with Crippen LogP contribution in [0.2, 0.25) is 0 Å². The zero-order valence-corrected chi connectivity index (χ0v) is 25.0. The summed E-state index contributed by atoms with van der Waals surface area (Å²) in [6.45, 7) is 4.74. The fourth-order valence-corrected chi connectivity index (χ4v) is 0.632. The largest absolute Gasteiger partial charge is 1.00 e. The predicted molar refractivity (Wildman–Crippen MR) is 84.5 cm³/mol. The second-order valence-electron chi connectivity index (χ2n) is 5.88. The summed E-state index contributed by atoms with van der Waals surface area (Å²) >= 11 is 0. The summed E-state index contributed by atoms with van der Waals surface area (Å²) in [4.78, 5) is 34.7. The van der Waals surface area contributed by atoms with Crippen LogP contribution in [0.15, 0.2) is 0 Å². The molecule has 0 heterocycles. The van der Waals surface area contributed by atoms with Gasteiger partial charge < -0.3 is 44.4 Å². The Bertz CT molecular complexity index is 342. The molecule has 0 rings (SSSR count). The van der Waals surface area contributed by atoms with E-state index in [1.165, 1.54) is 0 Å². The van der Waals surface area contributed by atoms with Crippen LogP contribution in [0.25, 0.3) is 0 Å². The molecule has 0 aromatic heterocycles. The van der Waals surface area contributed by atoms with Crippen molar-refractivity contribution >= 4 is 17.9 Å². The van der Waals surface area contributed by atoms with E-state index in [2.05, 4.69) is 0 Å². The Balaban J connectivity index is -0.0000000580. The molecule has 144 valence electrons. The van der Waals surface area contributed by atoms with Gasteiger partial charge in [-0.1, -0.05) is 0 Å². The number of carbonyl (C=O) groups excluding carboxylic acids is 3. The van der Waals surface area contributed by atoms with Gasteiger partial charge in [0.05, 0.1) is 17.9 Å². The second-order valence-corrected chi connectivity index (χ2v) is 5.88. The maximum absolute atomic E-state index is 9.99. The van der Waals surface area contributed by atoms with E-state index in [0.717, 1.165) is 0 Å². The Morgan fingerprint density at radius 2 is 0.630 bits per heavy atom. The predicted octanol–water partition coefficient (Wildman–Crippen LogP) is -12.9. The molecule has 0 aliphatic heterocycles. The minimum absolute atomic E-state index is 0. The monoisotopic (exact) mass is 417 g/mol. The molecule has 12 heteroatoms. The van der Waals surface area contributed by atoms with Crippen LogP contribution >= 0.6 is 0 Å². The molecule has 3 atom stereocenters. The Morgan fingerprint density at radius 1 is 0.519 bits per heavy atom. The van der Waals surface area contributed by atoms with Crippen LogP contribution < -0.4 is 104 Å². The van der Waals surface area contributed by atoms with E-state index in [1.54, 1.807) is 77.8 Å². The first-order valence-electron chi connectivity index (χ1n) is 7.28. The summed E-state index contributed by atoms with van der Waals surface area (Å²) in [5.41, 5.74) is 0. The molecule has 0 saturated carbocycles. The molecule has 9 nitrogen and oxygen atoms in total. The molecule has 0 aliphatic rings. The SMILES string of the molecule is C[C@@H](C(=O)[O-])N(C)C.C[C@@H](C(=O)[O-])N(C)C.C[C@@H](C(=O)[O-])N(C)C.[Na+].[Na+].[Na+]. The van der Waals surface area contributed by atoms with Gasteiger partial charge in [0.15, 0.2) is 0 Å². The van der Waals surface area contributed by atoms with E-state index < -0.39 is 36.0 Å². The van der Waals surface area contributed by atoms with Crippen LogP contribution in [0.3, 0.4) is 0 Å². The first-order valence-corrected chi connectivity index (χ1v) is 7.28. The van der Waals surface area contributed by atoms with Crippen molar-refractivity contribution in [3.05, 3.63) is 0 Å². The third-order valence-corrected chi connectivity index (χ3v) is 3.35. The van der Waals surface area contributed by atoms with Crippen LogP contribution in [0.1, 0.15) is 20.8 Å². The fraction of sp³-hybridized carbons (Fsp3) is 0.800. The molecule has 0 amide bonds. The normalized spacial score (nSPS) is 12.4. The van der Waals surface area contributed by atoms with Crippen LogP contribution in [-0.2, 0) is 14.4 Å². The number of hydrogen-bond acceptors (Lipinski definition) is 9. The van der Waals surface area contributed by atoms with Gasteiger partial charge in [0.1, 0.15) is 0 Å². The molecule has 0 aromatic carbocycles. The van der Waals surface area contributed by atoms with Gasteiger partial charge >= 0.3 is 88.7 Å². The standard InChI is InChI=1S/3C5H11NO2.3Na/c3*1-4(5(7)8)6(2)3;;;/h3*4H,1-3H3,(H,7,8);;;/q;;;3*+1/p-3/t3*4-;;;/m000.../s1. The summed E-state index contributed by atoms with van der Waals surface area (Å²) in [7, 11) is 10.2. The van der Waals surface area contributed by atoms with Crippen molar-refractivity contribution in [3.63, 3.8) is 0 Å². The van der Waals surface area contributed by atoms with E-state index in [9.17, 15) is 29.7 Å². The molecule has 0 fully saturated rings. The molecule has 0 spiro atoms. The molecule has 0 aromatic rings. The van der Waals surface area contributed by atoms with E-state index in [0.29, 0.717) is 0 Å². The first-order chi connectivity index (χ1) is 10.7. The second kappa shape index (κ2) is 23.6. The average molecular weight is 417 g/mol. The number of carboxylic acids is 3. The van der Waals surface area contributed by atoms with Crippen molar-refractivity contribution < 1.29 is 118 Å². The molecular formula is C15H30N3Na3O6. The summed E-state index contributed by atoms with van der Waals surface area (Å²) < 4.78 is 0. The van der Waals surface area contributed by atoms with Crippen LogP contribution in [-0.4, -0.2) is 93.0 Å². The van der Waals surface area contributed by atoms with Gasteiger partial charge in [-0.3, -0.25) is 0 Å². The number of hydrogen-bond donors (Lipinski definition) is 0. The molecule has 0 bridgehead atoms. The maximum atomic E-state index is 9.99. The smallest absolute Gasteiger partial charge is 0.548 e. The first kappa shape index (κ1) is 42.4. The molecular weight excluding hydrogens is 387 g/mol. The zero-order chi connectivity index (χ0) is 20.2. The Kier molecular flexibility index (Phi) is 37.0. The van der Waals surface area contributed by atoms with Gasteiger partial charge in [0.25, 0.3) is 0 Å². The Morgan fingerprint density at radius 3 is 0.630 bits per heavy atom. The van der Waals surface area contributed by atoms with E-state index in [4.69, 9.17) is 0 Å². The van der Waals surface area contributed by atoms with Gasteiger partial charge in [0, 0.05) is 18.1 Å². The summed E-state index contributed by atoms with van der Waals surface area (Å²) in [5, 5.41) is 30.0. The number of likely N-dealkylation sites (N-methyl/N-ethyl adjacent to an activating group) is 3. The summed E-state index contributed by atoms with van der Waals surface area (Å²) in [6, 6.07) is -1.47. The summed E-state index contributed by atoms with van der Waals surface area (Å²) in [5.74, 6) is -3.10. The van der Waals surface area contributed by atoms with Crippen molar-refractivity contribution in [2.24, 2.45) is 0 Å². The Labute approximate surface area is 229 Å². The molecule has 27 heavy (non-hydrogen) atoms. The van der Waals surface area contributed by atoms with Crippen LogP contribution in [0, 0.1) is 0 Å². The Hall–Kier alpha value is 1.29. The number of aliphatic carboxylic acids is 3. The van der Waals surface area contributed by atoms with Gasteiger partial charge in [-0.15, -0.1) is 0 Å². The summed E-state index contributed by atoms with van der Waals surface area (Å²) in [6.07, 6.45) is 0. The van der Waals surface area contributed by atoms with Crippen LogP contribution in [0.4, 0.5) is 0 Å². The van der Waals surface area contributed by atoms with E-state index in [1.807, 2.05) is 0 Å². The number of rotatable bonds is 6. The minimum atomic E-state index is -1.03. The van der Waals surface area contributed by atoms with Gasteiger partial charge in [0.2, 0.25) is 0 Å².